The van der Waals surface area contributed by atoms with Crippen molar-refractivity contribution in [2.45, 2.75) is 31.9 Å². The first-order valence-corrected chi connectivity index (χ1v) is 12.4. The van der Waals surface area contributed by atoms with Gasteiger partial charge in [-0.3, -0.25) is 4.79 Å². The molecular formula is C28H30F2N4O3. The van der Waals surface area contributed by atoms with E-state index in [1.54, 1.807) is 12.1 Å². The first-order valence-electron chi connectivity index (χ1n) is 12.4. The zero-order valence-electron chi connectivity index (χ0n) is 20.9. The number of nitrogen functional groups attached to an aromatic ring is 1. The Labute approximate surface area is 214 Å². The van der Waals surface area contributed by atoms with Crippen molar-refractivity contribution < 1.29 is 23.0 Å². The molecule has 0 unspecified atom stereocenters. The summed E-state index contributed by atoms with van der Waals surface area (Å²) in [6, 6.07) is 9.85. The number of fused-ring (bicyclic) bond motifs is 1. The maximum absolute atomic E-state index is 15.1. The van der Waals surface area contributed by atoms with E-state index in [-0.39, 0.29) is 34.5 Å². The van der Waals surface area contributed by atoms with Crippen LogP contribution in [0.3, 0.4) is 0 Å². The van der Waals surface area contributed by atoms with Crippen LogP contribution in [0.4, 0.5) is 14.6 Å². The van der Waals surface area contributed by atoms with Crippen LogP contribution in [0, 0.1) is 11.8 Å². The molecule has 1 amide bonds. The first-order chi connectivity index (χ1) is 17.8. The van der Waals surface area contributed by atoms with Crippen molar-refractivity contribution in [3.63, 3.8) is 0 Å². The summed E-state index contributed by atoms with van der Waals surface area (Å²) in [5.74, 6) is -1.04. The molecular weight excluding hydrogens is 478 g/mol. The summed E-state index contributed by atoms with van der Waals surface area (Å²) in [7, 11) is 3.90. The minimum Gasteiger partial charge on any atom is -0.490 e. The highest BCUT2D eigenvalue weighted by Crippen LogP contribution is 2.36. The van der Waals surface area contributed by atoms with E-state index in [9.17, 15) is 4.79 Å². The van der Waals surface area contributed by atoms with Crippen LogP contribution in [0.2, 0.25) is 0 Å². The number of halogens is 2. The largest absolute Gasteiger partial charge is 0.490 e. The highest BCUT2D eigenvalue weighted by molar-refractivity contribution is 5.97. The summed E-state index contributed by atoms with van der Waals surface area (Å²) < 4.78 is 42.0. The zero-order valence-corrected chi connectivity index (χ0v) is 20.9. The predicted molar refractivity (Wildman–Crippen MR) is 137 cm³/mol. The van der Waals surface area contributed by atoms with Gasteiger partial charge in [0.1, 0.15) is 23.5 Å². The van der Waals surface area contributed by atoms with E-state index in [4.69, 9.17) is 15.2 Å². The number of aromatic nitrogens is 1. The molecule has 1 fully saturated rings. The van der Waals surface area contributed by atoms with Gasteiger partial charge in [-0.25, -0.2) is 9.37 Å². The second-order valence-corrected chi connectivity index (χ2v) is 9.74. The Bertz CT molecular complexity index is 1340. The highest BCUT2D eigenvalue weighted by Gasteiger charge is 2.23. The number of ether oxygens (including phenoxy) is 2. The number of nitrogens with zero attached hydrogens (tertiary/aromatic N) is 2. The van der Waals surface area contributed by atoms with E-state index in [1.165, 1.54) is 12.1 Å². The molecule has 2 aliphatic heterocycles. The summed E-state index contributed by atoms with van der Waals surface area (Å²) >= 11 is 0. The number of nitrogens with two attached hydrogens (primary N) is 1. The smallest absolute Gasteiger partial charge is 0.251 e. The minimum atomic E-state index is -0.743. The van der Waals surface area contributed by atoms with Crippen LogP contribution in [-0.4, -0.2) is 55.7 Å². The van der Waals surface area contributed by atoms with Crippen LogP contribution < -0.4 is 15.8 Å². The van der Waals surface area contributed by atoms with Crippen molar-refractivity contribution in [3.8, 4) is 28.0 Å². The molecule has 2 aliphatic rings. The van der Waals surface area contributed by atoms with Gasteiger partial charge in [0.25, 0.3) is 5.91 Å². The van der Waals surface area contributed by atoms with Crippen LogP contribution in [0.25, 0.3) is 22.3 Å². The molecule has 7 nitrogen and oxygen atoms in total. The van der Waals surface area contributed by atoms with Gasteiger partial charge >= 0.3 is 0 Å². The maximum atomic E-state index is 15.1. The Morgan fingerprint density at radius 2 is 1.86 bits per heavy atom. The van der Waals surface area contributed by atoms with Gasteiger partial charge in [0.15, 0.2) is 0 Å². The monoisotopic (exact) mass is 508 g/mol. The second kappa shape index (κ2) is 10.4. The number of carbonyl (C=O) groups excluding carboxylic acids is 1. The molecule has 0 atom stereocenters. The number of amides is 1. The number of rotatable bonds is 6. The van der Waals surface area contributed by atoms with Gasteiger partial charge < -0.3 is 25.4 Å². The fourth-order valence-electron chi connectivity index (χ4n) is 4.87. The number of carbonyl (C=O) groups is 1. The molecule has 3 aromatic rings. The molecule has 0 radical (unpaired) electrons. The Hall–Kier alpha value is -3.56. The molecule has 1 saturated heterocycles. The molecule has 3 N–H and O–H groups in total. The van der Waals surface area contributed by atoms with Gasteiger partial charge in [-0.1, -0.05) is 6.07 Å². The van der Waals surface area contributed by atoms with E-state index < -0.39 is 11.8 Å². The van der Waals surface area contributed by atoms with Gasteiger partial charge in [-0.05, 0) is 62.0 Å². The number of anilines is 1. The van der Waals surface area contributed by atoms with Gasteiger partial charge in [-0.2, -0.15) is 4.39 Å². The number of hydrogen-bond acceptors (Lipinski definition) is 6. The lowest BCUT2D eigenvalue weighted by Crippen LogP contribution is -2.32. The fraction of sp³-hybridized carbons (Fsp3) is 0.357. The van der Waals surface area contributed by atoms with Crippen molar-refractivity contribution in [2.24, 2.45) is 0 Å². The third kappa shape index (κ3) is 5.28. The molecule has 0 saturated carbocycles. The number of benzene rings is 2. The molecule has 0 spiro atoms. The number of pyridine rings is 1. The zero-order chi connectivity index (χ0) is 26.1. The molecule has 37 heavy (non-hydrogen) atoms. The van der Waals surface area contributed by atoms with Gasteiger partial charge in [0.05, 0.1) is 13.2 Å². The van der Waals surface area contributed by atoms with E-state index in [2.05, 4.69) is 10.3 Å². The molecule has 0 bridgehead atoms. The van der Waals surface area contributed by atoms with Crippen LogP contribution >= 0.6 is 0 Å². The third-order valence-corrected chi connectivity index (χ3v) is 6.73. The minimum absolute atomic E-state index is 0.0658. The number of hydrogen-bond donors (Lipinski definition) is 2. The number of nitrogens with one attached hydrogen (secondary N) is 1. The quantitative estimate of drug-likeness (QED) is 0.486. The predicted octanol–water partition coefficient (Wildman–Crippen LogP) is 4.18. The highest BCUT2D eigenvalue weighted by atomic mass is 19.1. The standard InChI is InChI=1S/C28H30F2N4O3/c1-34(2)15-18-11-16(3-4-25(18)37-19-6-9-36-10-7-19)20-13-23(27(31)33-26(20)30)22-12-17-5-8-32-28(35)21(17)14-24(22)29/h3-4,11-14,19H,5-10,15H2,1-2H3,(H2,31,33)(H,32,35). The van der Waals surface area contributed by atoms with Crippen molar-refractivity contribution >= 4 is 11.7 Å². The van der Waals surface area contributed by atoms with Gasteiger partial charge in [0.2, 0.25) is 5.95 Å². The van der Waals surface area contributed by atoms with E-state index in [0.29, 0.717) is 49.4 Å². The van der Waals surface area contributed by atoms with Crippen LogP contribution in [0.5, 0.6) is 5.75 Å². The van der Waals surface area contributed by atoms with E-state index in [0.717, 1.165) is 24.2 Å². The molecule has 1 aromatic heterocycles. The average Bonchev–Trinajstić information content (AvgIpc) is 2.86. The third-order valence-electron chi connectivity index (χ3n) is 6.73. The summed E-state index contributed by atoms with van der Waals surface area (Å²) in [6.07, 6.45) is 2.27. The molecule has 0 aliphatic carbocycles. The molecule has 194 valence electrons. The summed E-state index contributed by atoms with van der Waals surface area (Å²) in [6.45, 7) is 2.39. The van der Waals surface area contributed by atoms with E-state index in [1.807, 2.05) is 31.1 Å². The molecule has 5 rings (SSSR count). The van der Waals surface area contributed by atoms with Crippen LogP contribution in [0.15, 0.2) is 36.4 Å². The topological polar surface area (TPSA) is 89.7 Å². The molecule has 3 heterocycles. The lowest BCUT2D eigenvalue weighted by atomic mass is 9.93. The van der Waals surface area contributed by atoms with Crippen LogP contribution in [0.1, 0.15) is 34.3 Å². The molecule has 9 heteroatoms. The van der Waals surface area contributed by atoms with Crippen molar-refractivity contribution in [1.29, 1.82) is 0 Å². The van der Waals surface area contributed by atoms with Crippen molar-refractivity contribution in [1.82, 2.24) is 15.2 Å². The van der Waals surface area contributed by atoms with Gasteiger partial charge in [-0.15, -0.1) is 0 Å². The Balaban J connectivity index is 1.55. The van der Waals surface area contributed by atoms with Crippen LogP contribution in [-0.2, 0) is 17.7 Å². The molecule has 2 aromatic carbocycles. The summed E-state index contributed by atoms with van der Waals surface area (Å²) in [4.78, 5) is 18.0. The SMILES string of the molecule is CN(C)Cc1cc(-c2cc(-c3cc4c(cc3F)C(=O)NCC4)c(N)nc2F)ccc1OC1CCOCC1. The van der Waals surface area contributed by atoms with Crippen molar-refractivity contribution in [2.75, 3.05) is 39.6 Å². The maximum Gasteiger partial charge on any atom is 0.251 e. The summed E-state index contributed by atoms with van der Waals surface area (Å²) in [5, 5.41) is 2.71. The Morgan fingerprint density at radius 1 is 1.08 bits per heavy atom. The Kier molecular flexibility index (Phi) is 7.08. The Morgan fingerprint density at radius 3 is 2.62 bits per heavy atom. The first kappa shape index (κ1) is 25.1. The van der Waals surface area contributed by atoms with E-state index >= 15 is 8.78 Å². The lowest BCUT2D eigenvalue weighted by molar-refractivity contribution is 0.0250. The normalized spacial score (nSPS) is 16.0. The fourth-order valence-corrected chi connectivity index (χ4v) is 4.87. The van der Waals surface area contributed by atoms with Gasteiger partial charge in [0, 0.05) is 53.7 Å². The van der Waals surface area contributed by atoms with Crippen molar-refractivity contribution in [3.05, 3.63) is 64.9 Å². The second-order valence-electron chi connectivity index (χ2n) is 9.74. The lowest BCUT2D eigenvalue weighted by Gasteiger charge is -2.25. The average molecular weight is 509 g/mol. The summed E-state index contributed by atoms with van der Waals surface area (Å²) in [5.41, 5.74) is 9.23.